The Labute approximate surface area is 104 Å². The molecular formula is C10H12ClNO4S. The molecule has 1 aromatic rings. The minimum absolute atomic E-state index is 0.0374. The van der Waals surface area contributed by atoms with E-state index in [1.54, 1.807) is 19.1 Å². The van der Waals surface area contributed by atoms with E-state index in [1.165, 1.54) is 6.07 Å². The Kier molecular flexibility index (Phi) is 4.50. The molecule has 0 bridgehead atoms. The van der Waals surface area contributed by atoms with Gasteiger partial charge in [-0.1, -0.05) is 23.7 Å². The molecule has 0 aliphatic heterocycles. The van der Waals surface area contributed by atoms with Crippen LogP contribution < -0.4 is 4.72 Å². The standard InChI is InChI=1S/C10H12ClNO4S/c1-7-3-2-4-8(10(7)11)17(15,16)12-6-5-9(13)14/h2-4,12H,5-6H2,1H3,(H,13,14). The van der Waals surface area contributed by atoms with E-state index < -0.39 is 16.0 Å². The molecule has 0 amide bonds. The van der Waals surface area contributed by atoms with Crippen LogP contribution in [0.2, 0.25) is 5.02 Å². The number of aryl methyl sites for hydroxylation is 1. The van der Waals surface area contributed by atoms with Crippen molar-refractivity contribution >= 4 is 27.6 Å². The van der Waals surface area contributed by atoms with E-state index in [-0.39, 0.29) is 22.9 Å². The molecule has 0 unspecified atom stereocenters. The first kappa shape index (κ1) is 14.0. The number of rotatable bonds is 5. The predicted molar refractivity (Wildman–Crippen MR) is 63.6 cm³/mol. The summed E-state index contributed by atoms with van der Waals surface area (Å²) >= 11 is 5.88. The number of nitrogens with one attached hydrogen (secondary N) is 1. The summed E-state index contributed by atoms with van der Waals surface area (Å²) in [6.07, 6.45) is -0.275. The van der Waals surface area contributed by atoms with Gasteiger partial charge in [0.15, 0.2) is 0 Å². The second-order valence-corrected chi connectivity index (χ2v) is 5.54. The minimum Gasteiger partial charge on any atom is -0.481 e. The Bertz CT molecular complexity index is 527. The van der Waals surface area contributed by atoms with Crippen LogP contribution in [0.25, 0.3) is 0 Å². The fourth-order valence-corrected chi connectivity index (χ4v) is 2.81. The van der Waals surface area contributed by atoms with Gasteiger partial charge in [0.05, 0.1) is 11.4 Å². The van der Waals surface area contributed by atoms with Gasteiger partial charge in [0.1, 0.15) is 4.90 Å². The topological polar surface area (TPSA) is 83.5 Å². The smallest absolute Gasteiger partial charge is 0.304 e. The van der Waals surface area contributed by atoms with Gasteiger partial charge in [0.2, 0.25) is 10.0 Å². The predicted octanol–water partition coefficient (Wildman–Crippen LogP) is 1.40. The van der Waals surface area contributed by atoms with E-state index in [2.05, 4.69) is 4.72 Å². The van der Waals surface area contributed by atoms with Gasteiger partial charge in [0, 0.05) is 6.54 Å². The molecular weight excluding hydrogens is 266 g/mol. The molecule has 0 saturated carbocycles. The molecule has 5 nitrogen and oxygen atoms in total. The van der Waals surface area contributed by atoms with E-state index >= 15 is 0 Å². The van der Waals surface area contributed by atoms with Crippen LogP contribution in [-0.4, -0.2) is 26.0 Å². The van der Waals surface area contributed by atoms with Crippen LogP contribution in [-0.2, 0) is 14.8 Å². The van der Waals surface area contributed by atoms with Gasteiger partial charge in [-0.3, -0.25) is 4.79 Å². The fraction of sp³-hybridized carbons (Fsp3) is 0.300. The van der Waals surface area contributed by atoms with E-state index in [0.717, 1.165) is 0 Å². The van der Waals surface area contributed by atoms with Crippen molar-refractivity contribution in [2.45, 2.75) is 18.2 Å². The molecule has 0 heterocycles. The maximum Gasteiger partial charge on any atom is 0.304 e. The van der Waals surface area contributed by atoms with Gasteiger partial charge >= 0.3 is 5.97 Å². The van der Waals surface area contributed by atoms with Gasteiger partial charge in [-0.25, -0.2) is 13.1 Å². The van der Waals surface area contributed by atoms with Gasteiger partial charge in [0.25, 0.3) is 0 Å². The maximum atomic E-state index is 11.8. The van der Waals surface area contributed by atoms with Crippen LogP contribution in [0.3, 0.4) is 0 Å². The molecule has 0 radical (unpaired) electrons. The van der Waals surface area contributed by atoms with E-state index in [0.29, 0.717) is 5.56 Å². The number of hydrogen-bond acceptors (Lipinski definition) is 3. The van der Waals surface area contributed by atoms with Crippen LogP contribution in [0.15, 0.2) is 23.1 Å². The third-order valence-electron chi connectivity index (χ3n) is 2.08. The highest BCUT2D eigenvalue weighted by Gasteiger charge is 2.18. The number of sulfonamides is 1. The van der Waals surface area contributed by atoms with Crippen LogP contribution in [0.4, 0.5) is 0 Å². The summed E-state index contributed by atoms with van der Waals surface area (Å²) in [7, 11) is -3.75. The highest BCUT2D eigenvalue weighted by atomic mass is 35.5. The number of aliphatic carboxylic acids is 1. The van der Waals surface area contributed by atoms with Crippen molar-refractivity contribution in [2.75, 3.05) is 6.54 Å². The van der Waals surface area contributed by atoms with Gasteiger partial charge < -0.3 is 5.11 Å². The summed E-state index contributed by atoms with van der Waals surface area (Å²) in [5, 5.41) is 8.57. The van der Waals surface area contributed by atoms with Crippen LogP contribution in [0.5, 0.6) is 0 Å². The Morgan fingerprint density at radius 1 is 1.47 bits per heavy atom. The SMILES string of the molecule is Cc1cccc(S(=O)(=O)NCCC(=O)O)c1Cl. The Hall–Kier alpha value is -1.11. The van der Waals surface area contributed by atoms with Crippen molar-refractivity contribution in [3.8, 4) is 0 Å². The molecule has 0 aliphatic carbocycles. The first-order valence-corrected chi connectivity index (χ1v) is 6.67. The summed E-state index contributed by atoms with van der Waals surface area (Å²) in [5.74, 6) is -1.07. The quantitative estimate of drug-likeness (QED) is 0.852. The largest absolute Gasteiger partial charge is 0.481 e. The third kappa shape index (κ3) is 3.69. The Morgan fingerprint density at radius 3 is 2.71 bits per heavy atom. The maximum absolute atomic E-state index is 11.8. The summed E-state index contributed by atoms with van der Waals surface area (Å²) in [6, 6.07) is 4.64. The highest BCUT2D eigenvalue weighted by Crippen LogP contribution is 2.24. The lowest BCUT2D eigenvalue weighted by atomic mass is 10.2. The van der Waals surface area contributed by atoms with Crippen molar-refractivity contribution < 1.29 is 18.3 Å². The van der Waals surface area contributed by atoms with Crippen molar-refractivity contribution in [3.63, 3.8) is 0 Å². The number of carboxylic acid groups (broad SMARTS) is 1. The number of carboxylic acids is 1. The molecule has 17 heavy (non-hydrogen) atoms. The van der Waals surface area contributed by atoms with Crippen LogP contribution >= 0.6 is 11.6 Å². The average molecular weight is 278 g/mol. The van der Waals surface area contributed by atoms with Crippen molar-refractivity contribution in [1.82, 2.24) is 4.72 Å². The number of carbonyl (C=O) groups is 1. The molecule has 1 rings (SSSR count). The lowest BCUT2D eigenvalue weighted by Crippen LogP contribution is -2.26. The summed E-state index contributed by atoms with van der Waals surface area (Å²) in [6.45, 7) is 1.53. The summed E-state index contributed by atoms with van der Waals surface area (Å²) in [5.41, 5.74) is 0.646. The van der Waals surface area contributed by atoms with Crippen molar-refractivity contribution in [2.24, 2.45) is 0 Å². The van der Waals surface area contributed by atoms with E-state index in [1.807, 2.05) is 0 Å². The monoisotopic (exact) mass is 277 g/mol. The lowest BCUT2D eigenvalue weighted by molar-refractivity contribution is -0.136. The fourth-order valence-electron chi connectivity index (χ4n) is 1.20. The van der Waals surface area contributed by atoms with Gasteiger partial charge in [-0.2, -0.15) is 0 Å². The highest BCUT2D eigenvalue weighted by molar-refractivity contribution is 7.89. The zero-order chi connectivity index (χ0) is 13.1. The molecule has 7 heteroatoms. The van der Waals surface area contributed by atoms with Crippen molar-refractivity contribution in [3.05, 3.63) is 28.8 Å². The van der Waals surface area contributed by atoms with Gasteiger partial charge in [-0.15, -0.1) is 0 Å². The van der Waals surface area contributed by atoms with Gasteiger partial charge in [-0.05, 0) is 18.6 Å². The number of hydrogen-bond donors (Lipinski definition) is 2. The van der Waals surface area contributed by atoms with Crippen LogP contribution in [0, 0.1) is 6.92 Å². The Balaban J connectivity index is 2.90. The molecule has 0 aliphatic rings. The average Bonchev–Trinajstić information content (AvgIpc) is 2.21. The third-order valence-corrected chi connectivity index (χ3v) is 4.19. The minimum atomic E-state index is -3.75. The summed E-state index contributed by atoms with van der Waals surface area (Å²) in [4.78, 5) is 10.2. The second-order valence-electron chi connectivity index (χ2n) is 3.43. The molecule has 0 atom stereocenters. The first-order valence-electron chi connectivity index (χ1n) is 4.81. The summed E-state index contributed by atoms with van der Waals surface area (Å²) < 4.78 is 25.8. The molecule has 0 spiro atoms. The zero-order valence-electron chi connectivity index (χ0n) is 9.10. The molecule has 0 saturated heterocycles. The lowest BCUT2D eigenvalue weighted by Gasteiger charge is -2.08. The molecule has 94 valence electrons. The molecule has 0 aromatic heterocycles. The Morgan fingerprint density at radius 2 is 2.12 bits per heavy atom. The molecule has 1 aromatic carbocycles. The molecule has 2 N–H and O–H groups in total. The molecule has 0 fully saturated rings. The number of halogens is 1. The van der Waals surface area contributed by atoms with Crippen molar-refractivity contribution in [1.29, 1.82) is 0 Å². The first-order chi connectivity index (χ1) is 7.84. The normalized spacial score (nSPS) is 11.4. The van der Waals surface area contributed by atoms with Crippen LogP contribution in [0.1, 0.15) is 12.0 Å². The zero-order valence-corrected chi connectivity index (χ0v) is 10.7. The second kappa shape index (κ2) is 5.48. The number of benzene rings is 1. The van der Waals surface area contributed by atoms with E-state index in [4.69, 9.17) is 16.7 Å². The van der Waals surface area contributed by atoms with E-state index in [9.17, 15) is 13.2 Å².